The molecule has 1 amide bonds. The van der Waals surface area contributed by atoms with Crippen LogP contribution in [-0.2, 0) is 16.0 Å². The molecule has 3 rings (SSSR count). The quantitative estimate of drug-likeness (QED) is 0.716. The third kappa shape index (κ3) is 3.25. The lowest BCUT2D eigenvalue weighted by atomic mass is 10.0. The van der Waals surface area contributed by atoms with Crippen molar-refractivity contribution in [1.29, 1.82) is 0 Å². The standard InChI is InChI=1S/C17H13ClN2O3S/c1-23-17(22)15-13(18)9-24-16(15)20-14(21)7-10-3-2-4-11-8-19-6-5-12(10)11/h2-6,8-9H,7H2,1H3,(H,20,21). The molecule has 0 aliphatic carbocycles. The number of carbonyl (C=O) groups excluding carboxylic acids is 2. The van der Waals surface area contributed by atoms with Crippen molar-refractivity contribution in [3.8, 4) is 0 Å². The van der Waals surface area contributed by atoms with E-state index in [1.807, 2.05) is 24.3 Å². The number of hydrogen-bond acceptors (Lipinski definition) is 5. The Kier molecular flexibility index (Phi) is 4.78. The van der Waals surface area contributed by atoms with E-state index in [-0.39, 0.29) is 22.9 Å². The van der Waals surface area contributed by atoms with E-state index in [9.17, 15) is 9.59 Å². The van der Waals surface area contributed by atoms with Crippen LogP contribution in [0.1, 0.15) is 15.9 Å². The number of nitrogens with one attached hydrogen (secondary N) is 1. The molecule has 24 heavy (non-hydrogen) atoms. The van der Waals surface area contributed by atoms with E-state index < -0.39 is 5.97 Å². The molecule has 0 aliphatic heterocycles. The van der Waals surface area contributed by atoms with E-state index in [2.05, 4.69) is 10.3 Å². The lowest BCUT2D eigenvalue weighted by molar-refractivity contribution is -0.115. The van der Waals surface area contributed by atoms with Crippen LogP contribution in [-0.4, -0.2) is 24.0 Å². The van der Waals surface area contributed by atoms with Crippen LogP contribution in [0.4, 0.5) is 5.00 Å². The molecule has 7 heteroatoms. The number of methoxy groups -OCH3 is 1. The lowest BCUT2D eigenvalue weighted by Gasteiger charge is -2.08. The number of fused-ring (bicyclic) bond motifs is 1. The minimum Gasteiger partial charge on any atom is -0.465 e. The van der Waals surface area contributed by atoms with Crippen molar-refractivity contribution in [3.63, 3.8) is 0 Å². The normalized spacial score (nSPS) is 10.6. The maximum Gasteiger partial charge on any atom is 0.342 e. The first-order valence-corrected chi connectivity index (χ1v) is 8.32. The molecule has 0 radical (unpaired) electrons. The van der Waals surface area contributed by atoms with E-state index in [0.717, 1.165) is 16.3 Å². The Morgan fingerprint density at radius 3 is 2.96 bits per heavy atom. The largest absolute Gasteiger partial charge is 0.465 e. The Hall–Kier alpha value is -2.44. The fraction of sp³-hybridized carbons (Fsp3) is 0.118. The van der Waals surface area contributed by atoms with Gasteiger partial charge in [-0.15, -0.1) is 11.3 Å². The number of halogens is 1. The summed E-state index contributed by atoms with van der Waals surface area (Å²) in [6.07, 6.45) is 3.63. The molecule has 1 N–H and O–H groups in total. The summed E-state index contributed by atoms with van der Waals surface area (Å²) in [6.45, 7) is 0. The van der Waals surface area contributed by atoms with Crippen LogP contribution in [0, 0.1) is 0 Å². The number of hydrogen-bond donors (Lipinski definition) is 1. The second kappa shape index (κ2) is 6.98. The molecule has 2 aromatic heterocycles. The van der Waals surface area contributed by atoms with Crippen LogP contribution >= 0.6 is 22.9 Å². The summed E-state index contributed by atoms with van der Waals surface area (Å²) in [4.78, 5) is 28.2. The van der Waals surface area contributed by atoms with Gasteiger partial charge in [-0.3, -0.25) is 9.78 Å². The first-order valence-electron chi connectivity index (χ1n) is 7.07. The minimum absolute atomic E-state index is 0.178. The van der Waals surface area contributed by atoms with Crippen LogP contribution in [0.2, 0.25) is 5.02 Å². The molecule has 0 spiro atoms. The van der Waals surface area contributed by atoms with Crippen LogP contribution in [0.3, 0.4) is 0 Å². The Labute approximate surface area is 147 Å². The predicted molar refractivity (Wildman–Crippen MR) is 94.7 cm³/mol. The molecular weight excluding hydrogens is 348 g/mol. The van der Waals surface area contributed by atoms with Crippen LogP contribution in [0.15, 0.2) is 42.0 Å². The van der Waals surface area contributed by atoms with Gasteiger partial charge in [-0.05, 0) is 17.0 Å². The highest BCUT2D eigenvalue weighted by molar-refractivity contribution is 7.15. The van der Waals surface area contributed by atoms with Crippen LogP contribution < -0.4 is 5.32 Å². The predicted octanol–water partition coefficient (Wildman–Crippen LogP) is 3.92. The number of pyridine rings is 1. The zero-order valence-electron chi connectivity index (χ0n) is 12.7. The van der Waals surface area contributed by atoms with Gasteiger partial charge in [-0.25, -0.2) is 4.79 Å². The average Bonchev–Trinajstić information content (AvgIpc) is 2.95. The fourth-order valence-electron chi connectivity index (χ4n) is 2.41. The highest BCUT2D eigenvalue weighted by Gasteiger charge is 2.20. The molecule has 0 aliphatic rings. The second-order valence-electron chi connectivity index (χ2n) is 5.02. The first-order chi connectivity index (χ1) is 11.6. The van der Waals surface area contributed by atoms with Gasteiger partial charge in [0.2, 0.25) is 5.91 Å². The summed E-state index contributed by atoms with van der Waals surface area (Å²) < 4.78 is 4.70. The number of amides is 1. The van der Waals surface area contributed by atoms with Gasteiger partial charge in [-0.2, -0.15) is 0 Å². The smallest absolute Gasteiger partial charge is 0.342 e. The average molecular weight is 361 g/mol. The zero-order chi connectivity index (χ0) is 17.1. The molecule has 0 bridgehead atoms. The number of anilines is 1. The Bertz CT molecular complexity index is 918. The maximum absolute atomic E-state index is 12.4. The first kappa shape index (κ1) is 16.4. The van der Waals surface area contributed by atoms with Gasteiger partial charge >= 0.3 is 5.97 Å². The molecule has 0 saturated carbocycles. The van der Waals surface area contributed by atoms with Crippen molar-refractivity contribution in [2.45, 2.75) is 6.42 Å². The summed E-state index contributed by atoms with van der Waals surface area (Å²) in [5.74, 6) is -0.809. The summed E-state index contributed by atoms with van der Waals surface area (Å²) in [7, 11) is 1.27. The highest BCUT2D eigenvalue weighted by atomic mass is 35.5. The number of ether oxygens (including phenoxy) is 1. The van der Waals surface area contributed by atoms with Crippen molar-refractivity contribution in [2.75, 3.05) is 12.4 Å². The van der Waals surface area contributed by atoms with Crippen LogP contribution in [0.25, 0.3) is 10.8 Å². The molecule has 5 nitrogen and oxygen atoms in total. The summed E-state index contributed by atoms with van der Waals surface area (Å²) in [5.41, 5.74) is 1.06. The lowest BCUT2D eigenvalue weighted by Crippen LogP contribution is -2.16. The van der Waals surface area contributed by atoms with E-state index in [4.69, 9.17) is 16.3 Å². The molecule has 0 unspecified atom stereocenters. The molecule has 0 fully saturated rings. The maximum atomic E-state index is 12.4. The molecule has 2 heterocycles. The SMILES string of the molecule is COC(=O)c1c(Cl)csc1NC(=O)Cc1cccc2cnccc12. The van der Waals surface area contributed by atoms with Crippen LogP contribution in [0.5, 0.6) is 0 Å². The molecule has 0 atom stereocenters. The highest BCUT2D eigenvalue weighted by Crippen LogP contribution is 2.32. The molecular formula is C17H13ClN2O3S. The van der Waals surface area contributed by atoms with Crippen molar-refractivity contribution >= 4 is 50.6 Å². The van der Waals surface area contributed by atoms with E-state index in [1.54, 1.807) is 17.8 Å². The monoisotopic (exact) mass is 360 g/mol. The third-order valence-electron chi connectivity index (χ3n) is 3.51. The Balaban J connectivity index is 1.83. The van der Waals surface area contributed by atoms with Gasteiger partial charge in [0.25, 0.3) is 0 Å². The van der Waals surface area contributed by atoms with Gasteiger partial charge in [0, 0.05) is 23.2 Å². The fourth-order valence-corrected chi connectivity index (χ4v) is 3.59. The molecule has 0 saturated heterocycles. The summed E-state index contributed by atoms with van der Waals surface area (Å²) in [5, 5.41) is 6.92. The number of benzene rings is 1. The van der Waals surface area contributed by atoms with Crippen molar-refractivity contribution < 1.29 is 14.3 Å². The summed E-state index contributed by atoms with van der Waals surface area (Å²) in [6, 6.07) is 7.59. The van der Waals surface area contributed by atoms with E-state index in [1.165, 1.54) is 18.4 Å². The van der Waals surface area contributed by atoms with Gasteiger partial charge < -0.3 is 10.1 Å². The van der Waals surface area contributed by atoms with Gasteiger partial charge in [0.1, 0.15) is 10.6 Å². The van der Waals surface area contributed by atoms with Gasteiger partial charge in [0.15, 0.2) is 0 Å². The Morgan fingerprint density at radius 1 is 1.33 bits per heavy atom. The molecule has 122 valence electrons. The van der Waals surface area contributed by atoms with E-state index in [0.29, 0.717) is 5.00 Å². The number of thiophene rings is 1. The van der Waals surface area contributed by atoms with Crippen molar-refractivity contribution in [3.05, 3.63) is 58.2 Å². The van der Waals surface area contributed by atoms with Crippen molar-refractivity contribution in [2.24, 2.45) is 0 Å². The summed E-state index contributed by atoms with van der Waals surface area (Å²) >= 11 is 7.18. The van der Waals surface area contributed by atoms with E-state index >= 15 is 0 Å². The van der Waals surface area contributed by atoms with Crippen molar-refractivity contribution in [1.82, 2.24) is 4.98 Å². The second-order valence-corrected chi connectivity index (χ2v) is 6.31. The molecule has 1 aromatic carbocycles. The number of rotatable bonds is 4. The van der Waals surface area contributed by atoms with Gasteiger partial charge in [0.05, 0.1) is 18.6 Å². The number of nitrogens with zero attached hydrogens (tertiary/aromatic N) is 1. The molecule has 3 aromatic rings. The topological polar surface area (TPSA) is 68.3 Å². The number of aromatic nitrogens is 1. The number of carbonyl (C=O) groups is 2. The van der Waals surface area contributed by atoms with Gasteiger partial charge in [-0.1, -0.05) is 29.8 Å². The third-order valence-corrected chi connectivity index (χ3v) is 4.83. The Morgan fingerprint density at radius 2 is 2.17 bits per heavy atom. The number of esters is 1. The zero-order valence-corrected chi connectivity index (χ0v) is 14.3. The minimum atomic E-state index is -0.576.